The third kappa shape index (κ3) is 15.4. The molecule has 1 aliphatic rings. The van der Waals surface area contributed by atoms with Crippen LogP contribution in [0.5, 0.6) is 5.75 Å². The molecule has 7 heterocycles. The first-order valence-corrected chi connectivity index (χ1v) is 41.1. The van der Waals surface area contributed by atoms with Gasteiger partial charge in [0.2, 0.25) is 0 Å². The van der Waals surface area contributed by atoms with Crippen molar-refractivity contribution in [3.63, 3.8) is 0 Å². The molecule has 0 radical (unpaired) electrons. The molecule has 0 saturated carbocycles. The lowest BCUT2D eigenvalue weighted by Gasteiger charge is -2.19. The molecule has 23 nitrogen and oxygen atoms in total. The number of pyridine rings is 7. The highest BCUT2D eigenvalue weighted by atomic mass is 127. The molecule has 127 heavy (non-hydrogen) atoms. The topological polar surface area (TPSA) is 293 Å². The van der Waals surface area contributed by atoms with Crippen molar-refractivity contribution < 1.29 is 20.1 Å². The number of alkyl halides is 2. The van der Waals surface area contributed by atoms with Crippen LogP contribution in [0.15, 0.2) is 263 Å². The van der Waals surface area contributed by atoms with Crippen LogP contribution in [0, 0.1) is 53.7 Å². The number of carbonyl (C=O) groups excluding carboxylic acids is 2. The molecule has 1 aliphatic carbocycles. The Labute approximate surface area is 735 Å². The normalized spacial score (nSPS) is 11.5. The fraction of sp³-hybridized carbons (Fsp3) is 0.108. The number of methoxy groups -OCH3 is 1. The summed E-state index contributed by atoms with van der Waals surface area (Å²) in [5.41, 5.74) is 14.2. The average molecular weight is 1790 g/mol. The Morgan fingerprint density at radius 1 is 0.409 bits per heavy atom. The van der Waals surface area contributed by atoms with Crippen molar-refractivity contribution in [3.05, 3.63) is 375 Å². The summed E-state index contributed by atoms with van der Waals surface area (Å²) in [6.07, 6.45) is 4.29. The van der Waals surface area contributed by atoms with E-state index in [9.17, 15) is 47.5 Å². The van der Waals surface area contributed by atoms with Crippen LogP contribution < -0.4 is 42.7 Å². The molecule has 0 spiro atoms. The standard InChI is InChI=1S/C30H16N6O2.C24H18N2O4.C22H16N2O2.C21H13NO2.C3H2N2.CH3F.CH3I/c1-33-19(15-31)9-17-5-7-25-21(11-17)29(37)23-13-28-24(14-27(23)35(25)3)30(38)22-12-18(10-20(16-32)34-2)6-8-26(22)36(28)4;1-25-19-6-4-13(12-27)8-15(19)23(28)17-10-22-18(11-21(17)25)24(29)16-9-14(30-3)5-7-20(16)26(22)2;1-23-17-9-5-3-7-13(17)21(25)15-12-20-16(11-19(15)23)22(26)14-8-4-6-10-18(14)24(20)2;23-20-14-6-2-1-5-12(14)9-13-10-17-19(11-16(13)20)22-18-8-4-3-7-15(18)21(17)24;1-5-3-2-4;2*1-2/h5-14H,3-4H3;4-12H,1-3H3;3-12H,1-2H3;1-8,10-11H,9H2,(H,22,24);3H2;2*1H3/b19-9-,20-10+;;;;;;/i;;;;;1D;. The maximum Gasteiger partial charge on any atom is 0.298 e. The minimum Gasteiger partial charge on any atom is -0.497 e. The summed E-state index contributed by atoms with van der Waals surface area (Å²) in [6.45, 7) is 20.2. The number of aryl methyl sites for hydroxylation is 6. The van der Waals surface area contributed by atoms with Gasteiger partial charge in [-0.2, -0.15) is 5.26 Å². The molecule has 0 atom stereocenters. The van der Waals surface area contributed by atoms with Crippen molar-refractivity contribution in [1.29, 1.82) is 15.8 Å². The van der Waals surface area contributed by atoms with Crippen molar-refractivity contribution in [3.8, 4) is 24.0 Å². The quantitative estimate of drug-likeness (QED) is 0.0326. The summed E-state index contributed by atoms with van der Waals surface area (Å²) in [6, 6.07) is 70.7. The SMILES string of the molecule is CI.COc1ccc2c(c1)c(=O)c1cc3c(cc1n2C)c(=O)c1cc(C=O)ccc1n3C.Cn1c2ccccc2c(=O)c2cc3c(cc21)c(=O)c1ccccc1n3C.O=C1c2ccccc2Cc2cc3c(=O)c4ccccc4[nH]c3cc21.[2H]CF.[C-]#[N+]/C(C#N)=C\c1ccc2c(c1)c(=O)c1cc3c(cc1n2C)c(=O)c1cc(/C=C(\C#N)[N+]#[C-])ccc1n3C.[C-]#[N+]CC#N. The van der Waals surface area contributed by atoms with E-state index in [1.165, 1.54) is 12.2 Å². The molecular weight excluding hydrogens is 1710 g/mol. The summed E-state index contributed by atoms with van der Waals surface area (Å²) >= 11 is 2.15. The molecule has 0 amide bonds. The largest absolute Gasteiger partial charge is 0.497 e. The van der Waals surface area contributed by atoms with Gasteiger partial charge in [0.15, 0.2) is 43.8 Å². The molecule has 12 aromatic carbocycles. The first kappa shape index (κ1) is 85.1. The molecule has 7 aromatic heterocycles. The van der Waals surface area contributed by atoms with Crippen LogP contribution >= 0.6 is 22.6 Å². The Morgan fingerprint density at radius 3 is 1.13 bits per heavy atom. The summed E-state index contributed by atoms with van der Waals surface area (Å²) in [5.74, 6) is 0.645. The minimum atomic E-state index is -1.00. The van der Waals surface area contributed by atoms with Crippen LogP contribution in [0.4, 0.5) is 4.39 Å². The van der Waals surface area contributed by atoms with Crippen LogP contribution in [0.2, 0.25) is 0 Å². The highest BCUT2D eigenvalue weighted by molar-refractivity contribution is 14.1. The summed E-state index contributed by atoms with van der Waals surface area (Å²) in [7, 11) is 11.8. The van der Waals surface area contributed by atoms with E-state index >= 15 is 0 Å². The van der Waals surface area contributed by atoms with Gasteiger partial charge in [0, 0.05) is 140 Å². The number of aldehydes is 1. The zero-order chi connectivity index (χ0) is 91.4. The monoisotopic (exact) mass is 1780 g/mol. The number of nitrogens with zero attached hydrogens (tertiary/aromatic N) is 12. The number of benzene rings is 12. The van der Waals surface area contributed by atoms with Gasteiger partial charge in [-0.15, -0.1) is 0 Å². The van der Waals surface area contributed by atoms with E-state index < -0.39 is 7.15 Å². The van der Waals surface area contributed by atoms with Crippen molar-refractivity contribution in [1.82, 2.24) is 32.4 Å². The summed E-state index contributed by atoms with van der Waals surface area (Å²) in [4.78, 5) is 131. The second-order valence-corrected chi connectivity index (χ2v) is 29.6. The average Bonchev–Trinajstić information content (AvgIpc) is 0.727. The van der Waals surface area contributed by atoms with E-state index in [4.69, 9.17) is 41.6 Å². The number of fused-ring (bicyclic) bond motifs is 16. The van der Waals surface area contributed by atoms with Gasteiger partial charge in [-0.3, -0.25) is 47.5 Å². The molecule has 0 fully saturated rings. The first-order valence-electron chi connectivity index (χ1n) is 39.7. The van der Waals surface area contributed by atoms with Crippen LogP contribution in [0.25, 0.3) is 179 Å². The predicted octanol–water partition coefficient (Wildman–Crippen LogP) is 18.4. The fourth-order valence-electron chi connectivity index (χ4n) is 16.7. The van der Waals surface area contributed by atoms with Gasteiger partial charge in [0.1, 0.15) is 18.1 Å². The van der Waals surface area contributed by atoms with Gasteiger partial charge in [-0.25, -0.2) is 26.8 Å². The van der Waals surface area contributed by atoms with Crippen LogP contribution in [-0.2, 0) is 48.7 Å². The minimum absolute atomic E-state index is 0.00351. The molecule has 0 bridgehead atoms. The number of ether oxygens (including phenoxy) is 1. The third-order valence-electron chi connectivity index (χ3n) is 22.9. The van der Waals surface area contributed by atoms with Crippen molar-refractivity contribution in [2.24, 2.45) is 42.3 Å². The van der Waals surface area contributed by atoms with Gasteiger partial charge < -0.3 is 42.0 Å². The van der Waals surface area contributed by atoms with Crippen LogP contribution in [0.3, 0.4) is 0 Å². The zero-order valence-electron chi connectivity index (χ0n) is 70.3. The Hall–Kier alpha value is -16.9. The van der Waals surface area contributed by atoms with E-state index in [1.54, 1.807) is 98.1 Å². The number of para-hydroxylation sites is 3. The molecule has 618 valence electrons. The Morgan fingerprint density at radius 2 is 0.748 bits per heavy atom. The number of aromatic nitrogens is 7. The van der Waals surface area contributed by atoms with Crippen molar-refractivity contribution >= 4 is 199 Å². The van der Waals surface area contributed by atoms with E-state index in [1.807, 2.05) is 220 Å². The summed E-state index contributed by atoms with van der Waals surface area (Å²) in [5, 5.41) is 33.5. The number of rotatable bonds is 4. The van der Waals surface area contributed by atoms with Crippen molar-refractivity contribution in [2.75, 3.05) is 25.7 Å². The number of hydrogen-bond donors (Lipinski definition) is 1. The molecule has 19 aromatic rings. The lowest BCUT2D eigenvalue weighted by molar-refractivity contribution is 0.103. The van der Waals surface area contributed by atoms with E-state index in [0.717, 1.165) is 56.1 Å². The fourth-order valence-corrected chi connectivity index (χ4v) is 16.7. The van der Waals surface area contributed by atoms with E-state index in [2.05, 4.69) is 42.1 Å². The van der Waals surface area contributed by atoms with Gasteiger partial charge in [-0.1, -0.05) is 95.4 Å². The molecular formula is C102H71FIN13O10. The molecule has 1 N–H and O–H groups in total. The predicted molar refractivity (Wildman–Crippen MR) is 512 cm³/mol. The lowest BCUT2D eigenvalue weighted by atomic mass is 9.84. The number of nitriles is 3. The number of halogens is 2. The second kappa shape index (κ2) is 36.1. The Bertz CT molecular complexity index is 8560. The smallest absolute Gasteiger partial charge is 0.298 e. The summed E-state index contributed by atoms with van der Waals surface area (Å²) < 4.78 is 32.2. The second-order valence-electron chi connectivity index (χ2n) is 29.6. The Balaban J connectivity index is 0.000000135. The van der Waals surface area contributed by atoms with E-state index in [0.29, 0.717) is 154 Å². The maximum absolute atomic E-state index is 13.6. The number of ketones is 1. The number of nitrogens with one attached hydrogen (secondary N) is 1. The molecule has 0 aliphatic heterocycles. The number of carbonyl (C=O) groups is 2. The Kier molecular flexibility index (Phi) is 24.2. The van der Waals surface area contributed by atoms with Crippen LogP contribution in [0.1, 0.15) is 49.9 Å². The van der Waals surface area contributed by atoms with Crippen LogP contribution in [-0.4, -0.2) is 70.2 Å². The van der Waals surface area contributed by atoms with Gasteiger partial charge in [0.05, 0.1) is 113 Å². The number of hydrogen-bond acceptors (Lipinski definition) is 13. The zero-order valence-corrected chi connectivity index (χ0v) is 71.5. The van der Waals surface area contributed by atoms with Gasteiger partial charge in [0.25, 0.3) is 17.9 Å². The third-order valence-corrected chi connectivity index (χ3v) is 22.9. The molecule has 25 heteroatoms. The number of aromatic amines is 1. The maximum atomic E-state index is 13.6. The number of H-pyrrole nitrogens is 1. The molecule has 20 rings (SSSR count). The highest BCUT2D eigenvalue weighted by Gasteiger charge is 2.26. The first-order chi connectivity index (χ1) is 61.9. The van der Waals surface area contributed by atoms with Gasteiger partial charge in [-0.05, 0) is 191 Å². The molecule has 0 unspecified atom stereocenters. The van der Waals surface area contributed by atoms with Crippen molar-refractivity contribution in [2.45, 2.75) is 6.42 Å². The van der Waals surface area contributed by atoms with E-state index in [-0.39, 0.29) is 61.7 Å². The molecule has 0 saturated heterocycles. The van der Waals surface area contributed by atoms with Gasteiger partial charge >= 0.3 is 0 Å². The lowest BCUT2D eigenvalue weighted by Crippen LogP contribution is -2.16. The highest BCUT2D eigenvalue weighted by Crippen LogP contribution is 2.34. The number of allylic oxidation sites excluding steroid dienone is 2.